The van der Waals surface area contributed by atoms with E-state index < -0.39 is 0 Å². The summed E-state index contributed by atoms with van der Waals surface area (Å²) in [6.45, 7) is 2.18. The molecule has 1 fully saturated rings. The normalized spacial score (nSPS) is 24.6. The molecular formula is C26H29N3. The lowest BCUT2D eigenvalue weighted by Gasteiger charge is -2.41. The molecule has 0 bridgehead atoms. The number of hydrogen-bond acceptors (Lipinski definition) is 3. The molecule has 2 heterocycles. The Kier molecular flexibility index (Phi) is 5.29. The van der Waals surface area contributed by atoms with Gasteiger partial charge in [-0.15, -0.1) is 5.10 Å². The van der Waals surface area contributed by atoms with Gasteiger partial charge in [0.15, 0.2) is 0 Å². The van der Waals surface area contributed by atoms with Crippen LogP contribution in [-0.4, -0.2) is 29.5 Å². The van der Waals surface area contributed by atoms with Crippen molar-refractivity contribution in [2.24, 2.45) is 22.0 Å². The van der Waals surface area contributed by atoms with Crippen LogP contribution in [0.1, 0.15) is 42.7 Å². The number of piperidine rings is 1. The smallest absolute Gasteiger partial charge is 0.131 e. The van der Waals surface area contributed by atoms with Gasteiger partial charge in [-0.2, -0.15) is 5.10 Å². The van der Waals surface area contributed by atoms with Crippen LogP contribution in [0, 0.1) is 11.8 Å². The molecule has 0 saturated carbocycles. The maximum absolute atomic E-state index is 4.81. The van der Waals surface area contributed by atoms with Crippen molar-refractivity contribution in [1.29, 1.82) is 0 Å². The molecule has 2 atom stereocenters. The van der Waals surface area contributed by atoms with Crippen molar-refractivity contribution in [3.8, 4) is 0 Å². The largest absolute Gasteiger partial charge is 0.358 e. The van der Waals surface area contributed by atoms with E-state index in [-0.39, 0.29) is 0 Å². The molecule has 3 nitrogen and oxygen atoms in total. The maximum atomic E-state index is 4.81. The van der Waals surface area contributed by atoms with Gasteiger partial charge in [-0.3, -0.25) is 0 Å². The summed E-state index contributed by atoms with van der Waals surface area (Å²) in [6, 6.07) is 21.7. The Hall–Kier alpha value is -2.68. The van der Waals surface area contributed by atoms with Crippen LogP contribution < -0.4 is 0 Å². The van der Waals surface area contributed by atoms with Gasteiger partial charge in [-0.05, 0) is 42.7 Å². The van der Waals surface area contributed by atoms with Gasteiger partial charge in [-0.1, -0.05) is 72.8 Å². The molecule has 0 radical (unpaired) electrons. The average molecular weight is 384 g/mol. The quantitative estimate of drug-likeness (QED) is 0.647. The number of benzene rings is 2. The summed E-state index contributed by atoms with van der Waals surface area (Å²) in [4.78, 5) is 2.53. The van der Waals surface area contributed by atoms with E-state index in [4.69, 9.17) is 10.2 Å². The topological polar surface area (TPSA) is 28.0 Å². The molecule has 2 aromatic carbocycles. The van der Waals surface area contributed by atoms with Crippen LogP contribution in [0.25, 0.3) is 0 Å². The third-order valence-electron chi connectivity index (χ3n) is 6.79. The maximum Gasteiger partial charge on any atom is 0.131 e. The predicted octanol–water partition coefficient (Wildman–Crippen LogP) is 5.46. The van der Waals surface area contributed by atoms with Crippen molar-refractivity contribution in [2.75, 3.05) is 13.1 Å². The molecule has 5 rings (SSSR count). The van der Waals surface area contributed by atoms with Crippen molar-refractivity contribution in [2.45, 2.75) is 38.0 Å². The summed E-state index contributed by atoms with van der Waals surface area (Å²) in [7, 11) is 0. The second-order valence-electron chi connectivity index (χ2n) is 8.54. The van der Waals surface area contributed by atoms with Gasteiger partial charge in [-0.25, -0.2) is 0 Å². The molecule has 2 unspecified atom stereocenters. The zero-order valence-corrected chi connectivity index (χ0v) is 17.0. The van der Waals surface area contributed by atoms with Gasteiger partial charge in [0.25, 0.3) is 0 Å². The number of allylic oxidation sites excluding steroid dienone is 2. The summed E-state index contributed by atoms with van der Waals surface area (Å²) in [5.41, 5.74) is 4.08. The Morgan fingerprint density at radius 1 is 0.759 bits per heavy atom. The Morgan fingerprint density at radius 2 is 1.41 bits per heavy atom. The summed E-state index contributed by atoms with van der Waals surface area (Å²) < 4.78 is 0. The highest BCUT2D eigenvalue weighted by atomic mass is 15.3. The molecule has 3 aliphatic rings. The predicted molar refractivity (Wildman–Crippen MR) is 120 cm³/mol. The van der Waals surface area contributed by atoms with E-state index in [1.807, 2.05) is 0 Å². The highest BCUT2D eigenvalue weighted by Gasteiger charge is 2.37. The highest BCUT2D eigenvalue weighted by Crippen LogP contribution is 2.35. The number of likely N-dealkylation sites (tertiary alicyclic amines) is 1. The fourth-order valence-electron chi connectivity index (χ4n) is 5.17. The lowest BCUT2D eigenvalue weighted by molar-refractivity contribution is 0.289. The fourth-order valence-corrected chi connectivity index (χ4v) is 5.17. The third kappa shape index (κ3) is 3.91. The fraction of sp³-hybridized carbons (Fsp3) is 0.385. The molecule has 1 saturated heterocycles. The molecular weight excluding hydrogens is 354 g/mol. The van der Waals surface area contributed by atoms with E-state index in [0.717, 1.165) is 32.4 Å². The van der Waals surface area contributed by atoms with E-state index in [0.29, 0.717) is 17.8 Å². The van der Waals surface area contributed by atoms with Crippen LogP contribution >= 0.6 is 0 Å². The minimum Gasteiger partial charge on any atom is -0.358 e. The second kappa shape index (κ2) is 8.36. The lowest BCUT2D eigenvalue weighted by Crippen LogP contribution is -2.46. The first kappa shape index (κ1) is 18.4. The first-order valence-electron chi connectivity index (χ1n) is 11.0. The van der Waals surface area contributed by atoms with Gasteiger partial charge in [0.05, 0.1) is 0 Å². The monoisotopic (exact) mass is 383 g/mol. The van der Waals surface area contributed by atoms with Crippen LogP contribution in [0.3, 0.4) is 0 Å². The Balaban J connectivity index is 1.33. The minimum atomic E-state index is 0.490. The molecule has 3 heteroatoms. The standard InChI is InChI=1S/C26H29N3/c1-3-9-20(10-4-1)19-25-23-13-7-8-14-24(23)26(28-27-25)29-17-15-22(16-18-29)21-11-5-2-6-12-21/h1-12,22-24H,13-19H2. The SMILES string of the molecule is C1=CCC2C(N3CCC(c4ccccc4)CC3)=NN=C(Cc3ccccc3)C2C1. The first-order valence-corrected chi connectivity index (χ1v) is 11.0. The van der Waals surface area contributed by atoms with Crippen LogP contribution in [-0.2, 0) is 6.42 Å². The van der Waals surface area contributed by atoms with Gasteiger partial charge in [0.2, 0.25) is 0 Å². The molecule has 0 N–H and O–H groups in total. The zero-order valence-electron chi connectivity index (χ0n) is 17.0. The zero-order chi connectivity index (χ0) is 19.5. The number of hydrogen-bond donors (Lipinski definition) is 0. The summed E-state index contributed by atoms with van der Waals surface area (Å²) in [5, 5.41) is 9.58. The number of fused-ring (bicyclic) bond motifs is 1. The molecule has 148 valence electrons. The van der Waals surface area contributed by atoms with E-state index in [1.54, 1.807) is 0 Å². The molecule has 29 heavy (non-hydrogen) atoms. The van der Waals surface area contributed by atoms with Crippen molar-refractivity contribution in [3.63, 3.8) is 0 Å². The van der Waals surface area contributed by atoms with Crippen molar-refractivity contribution >= 4 is 11.5 Å². The van der Waals surface area contributed by atoms with Gasteiger partial charge >= 0.3 is 0 Å². The second-order valence-corrected chi connectivity index (χ2v) is 8.54. The Bertz CT molecular complexity index is 905. The van der Waals surface area contributed by atoms with Crippen molar-refractivity contribution < 1.29 is 0 Å². The van der Waals surface area contributed by atoms with E-state index in [2.05, 4.69) is 77.7 Å². The molecule has 2 aromatic rings. The molecule has 1 aliphatic carbocycles. The van der Waals surface area contributed by atoms with Gasteiger partial charge < -0.3 is 4.90 Å². The van der Waals surface area contributed by atoms with Crippen LogP contribution in [0.15, 0.2) is 83.0 Å². The van der Waals surface area contributed by atoms with E-state index in [9.17, 15) is 0 Å². The minimum absolute atomic E-state index is 0.490. The summed E-state index contributed by atoms with van der Waals surface area (Å²) >= 11 is 0. The van der Waals surface area contributed by atoms with E-state index in [1.165, 1.54) is 35.5 Å². The number of nitrogens with zero attached hydrogens (tertiary/aromatic N) is 3. The summed E-state index contributed by atoms with van der Waals surface area (Å²) in [5.74, 6) is 2.91. The highest BCUT2D eigenvalue weighted by molar-refractivity contribution is 5.98. The molecule has 0 amide bonds. The first-order chi connectivity index (χ1) is 14.4. The number of amidine groups is 1. The van der Waals surface area contributed by atoms with Gasteiger partial charge in [0.1, 0.15) is 5.84 Å². The van der Waals surface area contributed by atoms with Crippen LogP contribution in [0.4, 0.5) is 0 Å². The van der Waals surface area contributed by atoms with Crippen molar-refractivity contribution in [1.82, 2.24) is 4.90 Å². The number of rotatable bonds is 3. The molecule has 2 aliphatic heterocycles. The van der Waals surface area contributed by atoms with Gasteiger partial charge in [0, 0.05) is 37.1 Å². The summed E-state index contributed by atoms with van der Waals surface area (Å²) in [6.07, 6.45) is 10.2. The lowest BCUT2D eigenvalue weighted by atomic mass is 9.76. The van der Waals surface area contributed by atoms with Crippen molar-refractivity contribution in [3.05, 3.63) is 83.9 Å². The Morgan fingerprint density at radius 3 is 2.14 bits per heavy atom. The Labute approximate surface area is 173 Å². The molecule has 0 aromatic heterocycles. The third-order valence-corrected chi connectivity index (χ3v) is 6.79. The average Bonchev–Trinajstić information content (AvgIpc) is 2.81. The van der Waals surface area contributed by atoms with Crippen LogP contribution in [0.2, 0.25) is 0 Å². The van der Waals surface area contributed by atoms with Crippen LogP contribution in [0.5, 0.6) is 0 Å². The van der Waals surface area contributed by atoms with E-state index >= 15 is 0 Å². The molecule has 0 spiro atoms.